The van der Waals surface area contributed by atoms with Gasteiger partial charge in [-0.15, -0.1) is 0 Å². The molecule has 0 bridgehead atoms. The van der Waals surface area contributed by atoms with Gasteiger partial charge in [0, 0.05) is 36.9 Å². The van der Waals surface area contributed by atoms with E-state index in [4.69, 9.17) is 5.11 Å². The lowest BCUT2D eigenvalue weighted by Gasteiger charge is -2.30. The first-order chi connectivity index (χ1) is 17.0. The minimum Gasteiger partial charge on any atom is -0.465 e. The SMILES string of the molecule is Cn1ncc(-c2nc(N[C@H]3CC[C@H](NCCCCCCNC(=O)O)CC3)ncc2F)c1CC1CC1. The van der Waals surface area contributed by atoms with E-state index < -0.39 is 11.9 Å². The summed E-state index contributed by atoms with van der Waals surface area (Å²) in [5, 5.41) is 22.4. The Morgan fingerprint density at radius 3 is 2.49 bits per heavy atom. The van der Waals surface area contributed by atoms with E-state index in [0.717, 1.165) is 75.6 Å². The maximum atomic E-state index is 14.7. The maximum absolute atomic E-state index is 14.7. The first kappa shape index (κ1) is 25.3. The largest absolute Gasteiger partial charge is 0.465 e. The van der Waals surface area contributed by atoms with Crippen molar-refractivity contribution in [1.29, 1.82) is 0 Å². The van der Waals surface area contributed by atoms with Gasteiger partial charge in [-0.1, -0.05) is 12.8 Å². The molecule has 2 aromatic heterocycles. The molecular formula is C25H38FN7O2. The number of amides is 1. The number of hydrogen-bond acceptors (Lipinski definition) is 6. The van der Waals surface area contributed by atoms with Crippen molar-refractivity contribution in [3.63, 3.8) is 0 Å². The second-order valence-electron chi connectivity index (χ2n) is 9.96. The summed E-state index contributed by atoms with van der Waals surface area (Å²) in [4.78, 5) is 19.2. The molecule has 2 aromatic rings. The first-order valence-corrected chi connectivity index (χ1v) is 13.0. The third-order valence-corrected chi connectivity index (χ3v) is 7.11. The Balaban J connectivity index is 1.20. The number of unbranched alkanes of at least 4 members (excludes halogenated alkanes) is 3. The molecule has 2 aliphatic rings. The predicted molar refractivity (Wildman–Crippen MR) is 133 cm³/mol. The summed E-state index contributed by atoms with van der Waals surface area (Å²) in [5.41, 5.74) is 2.15. The van der Waals surface area contributed by atoms with Crippen LogP contribution in [0.4, 0.5) is 15.1 Å². The van der Waals surface area contributed by atoms with Crippen molar-refractivity contribution >= 4 is 12.0 Å². The average molecular weight is 488 g/mol. The Hall–Kier alpha value is -2.75. The fraction of sp³-hybridized carbons (Fsp3) is 0.680. The lowest BCUT2D eigenvalue weighted by molar-refractivity contribution is 0.194. The Labute approximate surface area is 206 Å². The molecule has 9 nitrogen and oxygen atoms in total. The highest BCUT2D eigenvalue weighted by atomic mass is 19.1. The summed E-state index contributed by atoms with van der Waals surface area (Å²) in [5.74, 6) is 0.750. The second-order valence-corrected chi connectivity index (χ2v) is 9.96. The van der Waals surface area contributed by atoms with E-state index in [2.05, 4.69) is 31.0 Å². The quantitative estimate of drug-likeness (QED) is 0.314. The number of rotatable bonds is 13. The van der Waals surface area contributed by atoms with Crippen LogP contribution >= 0.6 is 0 Å². The van der Waals surface area contributed by atoms with E-state index in [1.54, 1.807) is 6.20 Å². The van der Waals surface area contributed by atoms with Crippen LogP contribution in [-0.2, 0) is 13.5 Å². The lowest BCUT2D eigenvalue weighted by Crippen LogP contribution is -2.37. The van der Waals surface area contributed by atoms with Gasteiger partial charge in [-0.3, -0.25) is 4.68 Å². The number of anilines is 1. The van der Waals surface area contributed by atoms with Crippen LogP contribution in [0, 0.1) is 11.7 Å². The smallest absolute Gasteiger partial charge is 0.404 e. The molecule has 0 aromatic carbocycles. The Morgan fingerprint density at radius 1 is 1.06 bits per heavy atom. The molecular weight excluding hydrogens is 449 g/mol. The minimum atomic E-state index is -0.949. The van der Waals surface area contributed by atoms with E-state index in [0.29, 0.717) is 30.1 Å². The molecule has 192 valence electrons. The van der Waals surface area contributed by atoms with E-state index in [-0.39, 0.29) is 6.04 Å². The first-order valence-electron chi connectivity index (χ1n) is 13.0. The number of carboxylic acid groups (broad SMARTS) is 1. The second kappa shape index (κ2) is 12.3. The molecule has 0 radical (unpaired) electrons. The lowest BCUT2D eigenvalue weighted by atomic mass is 9.91. The Bertz CT molecular complexity index is 971. The molecule has 2 saturated carbocycles. The Morgan fingerprint density at radius 2 is 1.77 bits per heavy atom. The molecule has 0 unspecified atom stereocenters. The summed E-state index contributed by atoms with van der Waals surface area (Å²) in [7, 11) is 1.91. The molecule has 2 heterocycles. The van der Waals surface area contributed by atoms with E-state index in [1.807, 2.05) is 11.7 Å². The summed E-state index contributed by atoms with van der Waals surface area (Å²) in [6.07, 6.45) is 13.8. The fourth-order valence-corrected chi connectivity index (χ4v) is 4.85. The number of halogens is 1. The summed E-state index contributed by atoms with van der Waals surface area (Å²) in [6.45, 7) is 1.52. The van der Waals surface area contributed by atoms with Gasteiger partial charge in [0.2, 0.25) is 5.95 Å². The van der Waals surface area contributed by atoms with Crippen molar-refractivity contribution < 1.29 is 14.3 Å². The number of nitrogens with one attached hydrogen (secondary N) is 3. The minimum absolute atomic E-state index is 0.285. The van der Waals surface area contributed by atoms with Crippen LogP contribution in [0.3, 0.4) is 0 Å². The number of carbonyl (C=O) groups is 1. The molecule has 4 N–H and O–H groups in total. The fourth-order valence-electron chi connectivity index (χ4n) is 4.85. The van der Waals surface area contributed by atoms with Gasteiger partial charge in [-0.05, 0) is 70.3 Å². The molecule has 10 heteroatoms. The van der Waals surface area contributed by atoms with Gasteiger partial charge < -0.3 is 21.1 Å². The van der Waals surface area contributed by atoms with Gasteiger partial charge in [0.05, 0.1) is 12.4 Å². The Kier molecular flexibility index (Phi) is 8.90. The van der Waals surface area contributed by atoms with Gasteiger partial charge in [0.25, 0.3) is 0 Å². The third kappa shape index (κ3) is 7.62. The van der Waals surface area contributed by atoms with Crippen molar-refractivity contribution in [2.24, 2.45) is 13.0 Å². The standard InChI is InChI=1S/C25H38FN7O2/c1-33-22(14-17-6-7-17)20(15-30-33)23-21(26)16-29-24(32-23)31-19-10-8-18(9-11-19)27-12-4-2-3-5-13-28-25(34)35/h15-19,27-28H,2-14H2,1H3,(H,34,35)(H,29,31,32)/t18-,19-. The molecule has 2 aliphatic carbocycles. The van der Waals surface area contributed by atoms with Crippen LogP contribution in [0.2, 0.25) is 0 Å². The van der Waals surface area contributed by atoms with Crippen molar-refractivity contribution in [2.45, 2.75) is 82.7 Å². The van der Waals surface area contributed by atoms with Gasteiger partial charge >= 0.3 is 6.09 Å². The molecule has 4 rings (SSSR count). The van der Waals surface area contributed by atoms with E-state index in [9.17, 15) is 9.18 Å². The molecule has 2 fully saturated rings. The van der Waals surface area contributed by atoms with Crippen LogP contribution in [0.1, 0.15) is 69.9 Å². The molecule has 1 amide bonds. The van der Waals surface area contributed by atoms with Crippen molar-refractivity contribution in [1.82, 2.24) is 30.4 Å². The average Bonchev–Trinajstić information content (AvgIpc) is 3.59. The number of hydrogen-bond donors (Lipinski definition) is 4. The van der Waals surface area contributed by atoms with Crippen LogP contribution in [0.15, 0.2) is 12.4 Å². The van der Waals surface area contributed by atoms with Crippen LogP contribution < -0.4 is 16.0 Å². The summed E-state index contributed by atoms with van der Waals surface area (Å²) < 4.78 is 16.5. The van der Waals surface area contributed by atoms with Crippen LogP contribution in [0.25, 0.3) is 11.3 Å². The summed E-state index contributed by atoms with van der Waals surface area (Å²) in [6, 6.07) is 0.805. The highest BCUT2D eigenvalue weighted by molar-refractivity contribution is 5.64. The zero-order valence-corrected chi connectivity index (χ0v) is 20.6. The number of aromatic nitrogens is 4. The van der Waals surface area contributed by atoms with Crippen molar-refractivity contribution in [3.8, 4) is 11.3 Å². The topological polar surface area (TPSA) is 117 Å². The normalized spacial score (nSPS) is 20.1. The molecule has 0 spiro atoms. The van der Waals surface area contributed by atoms with Gasteiger partial charge in [0.1, 0.15) is 5.69 Å². The molecule has 0 aliphatic heterocycles. The van der Waals surface area contributed by atoms with Crippen molar-refractivity contribution in [2.75, 3.05) is 18.4 Å². The highest BCUT2D eigenvalue weighted by Crippen LogP contribution is 2.36. The number of nitrogens with zero attached hydrogens (tertiary/aromatic N) is 4. The van der Waals surface area contributed by atoms with E-state index in [1.165, 1.54) is 19.0 Å². The van der Waals surface area contributed by atoms with Crippen molar-refractivity contribution in [3.05, 3.63) is 23.9 Å². The highest BCUT2D eigenvalue weighted by Gasteiger charge is 2.27. The van der Waals surface area contributed by atoms with Gasteiger partial charge in [0.15, 0.2) is 5.82 Å². The third-order valence-electron chi connectivity index (χ3n) is 7.11. The molecule has 0 saturated heterocycles. The van der Waals surface area contributed by atoms with Crippen LogP contribution in [-0.4, -0.2) is 56.1 Å². The molecule has 0 atom stereocenters. The van der Waals surface area contributed by atoms with E-state index >= 15 is 0 Å². The predicted octanol–water partition coefficient (Wildman–Crippen LogP) is 4.11. The maximum Gasteiger partial charge on any atom is 0.404 e. The zero-order valence-electron chi connectivity index (χ0n) is 20.6. The van der Waals surface area contributed by atoms with Gasteiger partial charge in [-0.25, -0.2) is 19.2 Å². The zero-order chi connectivity index (χ0) is 24.6. The molecule has 35 heavy (non-hydrogen) atoms. The summed E-state index contributed by atoms with van der Waals surface area (Å²) >= 11 is 0. The van der Waals surface area contributed by atoms with Gasteiger partial charge in [-0.2, -0.15) is 5.10 Å². The van der Waals surface area contributed by atoms with Crippen LogP contribution in [0.5, 0.6) is 0 Å². The monoisotopic (exact) mass is 487 g/mol. The number of aryl methyl sites for hydroxylation is 1.